The quantitative estimate of drug-likeness (QED) is 0.766. The molecule has 0 heterocycles. The summed E-state index contributed by atoms with van der Waals surface area (Å²) in [5.74, 6) is -2.32. The second-order valence-electron chi connectivity index (χ2n) is 4.08. The molecule has 1 rings (SSSR count). The molecule has 0 aliphatic rings. The summed E-state index contributed by atoms with van der Waals surface area (Å²) in [6.07, 6.45) is 0.394. The van der Waals surface area contributed by atoms with E-state index in [1.54, 1.807) is 13.0 Å². The summed E-state index contributed by atoms with van der Waals surface area (Å²) < 4.78 is 13.1. The van der Waals surface area contributed by atoms with Crippen molar-refractivity contribution in [2.24, 2.45) is 5.92 Å². The van der Waals surface area contributed by atoms with Gasteiger partial charge in [-0.15, -0.1) is 0 Å². The first kappa shape index (κ1) is 15.4. The Morgan fingerprint density at radius 1 is 1.50 bits per heavy atom. The van der Waals surface area contributed by atoms with E-state index >= 15 is 0 Å². The second-order valence-corrected chi connectivity index (χ2v) is 4.08. The van der Waals surface area contributed by atoms with Crippen molar-refractivity contribution in [3.8, 4) is 6.07 Å². The highest BCUT2D eigenvalue weighted by Gasteiger charge is 2.15. The van der Waals surface area contributed by atoms with Crippen LogP contribution in [0.5, 0.6) is 0 Å². The number of aliphatic carboxylic acids is 1. The number of carboxylic acid groups (broad SMARTS) is 1. The van der Waals surface area contributed by atoms with Crippen molar-refractivity contribution in [1.82, 2.24) is 5.32 Å². The van der Waals surface area contributed by atoms with Gasteiger partial charge in [-0.3, -0.25) is 4.79 Å². The highest BCUT2D eigenvalue weighted by Crippen LogP contribution is 2.13. The lowest BCUT2D eigenvalue weighted by molar-refractivity contribution is -0.141. The van der Waals surface area contributed by atoms with Crippen LogP contribution in [-0.2, 0) is 4.79 Å². The van der Waals surface area contributed by atoms with Gasteiger partial charge < -0.3 is 15.7 Å². The summed E-state index contributed by atoms with van der Waals surface area (Å²) in [6, 6.07) is 4.63. The Hall–Kier alpha value is -2.62. The van der Waals surface area contributed by atoms with Crippen LogP contribution in [0.3, 0.4) is 0 Å². The zero-order valence-electron chi connectivity index (χ0n) is 10.8. The van der Waals surface area contributed by atoms with Crippen molar-refractivity contribution in [3.05, 3.63) is 29.6 Å². The molecule has 106 valence electrons. The molecule has 2 amide bonds. The predicted octanol–water partition coefficient (Wildman–Crippen LogP) is 1.93. The minimum atomic E-state index is -0.985. The summed E-state index contributed by atoms with van der Waals surface area (Å²) in [5, 5.41) is 22.3. The Kier molecular flexibility index (Phi) is 5.47. The number of rotatable bonds is 5. The highest BCUT2D eigenvalue weighted by atomic mass is 19.1. The molecule has 1 aromatic carbocycles. The van der Waals surface area contributed by atoms with Crippen molar-refractivity contribution in [2.45, 2.75) is 13.3 Å². The van der Waals surface area contributed by atoms with Crippen LogP contribution >= 0.6 is 0 Å². The van der Waals surface area contributed by atoms with Crippen molar-refractivity contribution >= 4 is 17.7 Å². The predicted molar refractivity (Wildman–Crippen MR) is 69.6 cm³/mol. The van der Waals surface area contributed by atoms with Gasteiger partial charge in [-0.2, -0.15) is 5.26 Å². The van der Waals surface area contributed by atoms with Crippen LogP contribution in [0.4, 0.5) is 14.9 Å². The maximum atomic E-state index is 13.1. The molecule has 3 N–H and O–H groups in total. The zero-order chi connectivity index (χ0) is 15.1. The summed E-state index contributed by atoms with van der Waals surface area (Å²) >= 11 is 0. The standard InChI is InChI=1S/C13H14FN3O3/c1-2-8(12(18)19)7-16-13(20)17-10-3-4-11(14)9(5-10)6-15/h3-5,8H,2,7H2,1H3,(H,18,19)(H2,16,17,20). The maximum Gasteiger partial charge on any atom is 0.319 e. The third-order valence-corrected chi connectivity index (χ3v) is 2.70. The third kappa shape index (κ3) is 4.24. The molecule has 0 aromatic heterocycles. The van der Waals surface area contributed by atoms with E-state index in [-0.39, 0.29) is 17.8 Å². The number of hydrogen-bond donors (Lipinski definition) is 3. The molecule has 0 fully saturated rings. The lowest BCUT2D eigenvalue weighted by Crippen LogP contribution is -2.35. The van der Waals surface area contributed by atoms with E-state index in [9.17, 15) is 14.0 Å². The number of nitriles is 1. The van der Waals surface area contributed by atoms with Gasteiger partial charge in [0, 0.05) is 12.2 Å². The second kappa shape index (κ2) is 7.09. The van der Waals surface area contributed by atoms with E-state index in [2.05, 4.69) is 10.6 Å². The minimum Gasteiger partial charge on any atom is -0.481 e. The largest absolute Gasteiger partial charge is 0.481 e. The fourth-order valence-corrected chi connectivity index (χ4v) is 1.49. The smallest absolute Gasteiger partial charge is 0.319 e. The first-order chi connectivity index (χ1) is 9.47. The van der Waals surface area contributed by atoms with Gasteiger partial charge in [0.15, 0.2) is 0 Å². The molecular weight excluding hydrogens is 265 g/mol. The molecular formula is C13H14FN3O3. The number of amides is 2. The Balaban J connectivity index is 2.59. The Labute approximate surface area is 115 Å². The number of hydrogen-bond acceptors (Lipinski definition) is 3. The van der Waals surface area contributed by atoms with E-state index in [1.165, 1.54) is 12.1 Å². The van der Waals surface area contributed by atoms with Crippen LogP contribution in [0, 0.1) is 23.1 Å². The first-order valence-electron chi connectivity index (χ1n) is 5.95. The van der Waals surface area contributed by atoms with Crippen LogP contribution < -0.4 is 10.6 Å². The van der Waals surface area contributed by atoms with Gasteiger partial charge in [-0.25, -0.2) is 9.18 Å². The van der Waals surface area contributed by atoms with E-state index in [1.807, 2.05) is 0 Å². The molecule has 0 radical (unpaired) electrons. The lowest BCUT2D eigenvalue weighted by Gasteiger charge is -2.12. The van der Waals surface area contributed by atoms with Crippen LogP contribution in [0.2, 0.25) is 0 Å². The molecule has 0 saturated carbocycles. The number of nitrogens with zero attached hydrogens (tertiary/aromatic N) is 1. The number of carbonyl (C=O) groups excluding carboxylic acids is 1. The van der Waals surface area contributed by atoms with E-state index < -0.39 is 23.7 Å². The molecule has 20 heavy (non-hydrogen) atoms. The van der Waals surface area contributed by atoms with Crippen molar-refractivity contribution in [2.75, 3.05) is 11.9 Å². The summed E-state index contributed by atoms with van der Waals surface area (Å²) in [6.45, 7) is 1.70. The number of benzene rings is 1. The molecule has 1 unspecified atom stereocenters. The van der Waals surface area contributed by atoms with Gasteiger partial charge in [0.05, 0.1) is 11.5 Å². The van der Waals surface area contributed by atoms with Gasteiger partial charge in [0.1, 0.15) is 11.9 Å². The average Bonchev–Trinajstić information content (AvgIpc) is 2.41. The normalized spacial score (nSPS) is 11.2. The van der Waals surface area contributed by atoms with Crippen molar-refractivity contribution in [3.63, 3.8) is 0 Å². The molecule has 7 heteroatoms. The van der Waals surface area contributed by atoms with Crippen LogP contribution in [0.25, 0.3) is 0 Å². The fraction of sp³-hybridized carbons (Fsp3) is 0.308. The summed E-state index contributed by atoms with van der Waals surface area (Å²) in [5.41, 5.74) is 0.0728. The summed E-state index contributed by atoms with van der Waals surface area (Å²) in [7, 11) is 0. The Morgan fingerprint density at radius 3 is 2.75 bits per heavy atom. The number of anilines is 1. The molecule has 0 spiro atoms. The monoisotopic (exact) mass is 279 g/mol. The van der Waals surface area contributed by atoms with E-state index in [4.69, 9.17) is 10.4 Å². The fourth-order valence-electron chi connectivity index (χ4n) is 1.49. The minimum absolute atomic E-state index is 0.00995. The van der Waals surface area contributed by atoms with Crippen molar-refractivity contribution < 1.29 is 19.1 Å². The number of urea groups is 1. The number of carboxylic acids is 1. The lowest BCUT2D eigenvalue weighted by atomic mass is 10.1. The highest BCUT2D eigenvalue weighted by molar-refractivity contribution is 5.89. The number of carbonyl (C=O) groups is 2. The number of halogens is 1. The van der Waals surface area contributed by atoms with E-state index in [0.717, 1.165) is 6.07 Å². The number of nitrogens with one attached hydrogen (secondary N) is 2. The van der Waals surface area contributed by atoms with Gasteiger partial charge in [0.2, 0.25) is 0 Å². The van der Waals surface area contributed by atoms with Crippen LogP contribution in [0.15, 0.2) is 18.2 Å². The molecule has 1 atom stereocenters. The van der Waals surface area contributed by atoms with Gasteiger partial charge >= 0.3 is 12.0 Å². The molecule has 0 aliphatic heterocycles. The Bertz CT molecular complexity index is 554. The van der Waals surface area contributed by atoms with E-state index in [0.29, 0.717) is 6.42 Å². The third-order valence-electron chi connectivity index (χ3n) is 2.70. The molecule has 0 bridgehead atoms. The molecule has 1 aromatic rings. The van der Waals surface area contributed by atoms with Gasteiger partial charge in [0.25, 0.3) is 0 Å². The molecule has 0 saturated heterocycles. The Morgan fingerprint density at radius 2 is 2.20 bits per heavy atom. The molecule has 6 nitrogen and oxygen atoms in total. The summed E-state index contributed by atoms with van der Waals surface area (Å²) in [4.78, 5) is 22.3. The van der Waals surface area contributed by atoms with Crippen LogP contribution in [-0.4, -0.2) is 23.7 Å². The SMILES string of the molecule is CCC(CNC(=O)Nc1ccc(F)c(C#N)c1)C(=O)O. The topological polar surface area (TPSA) is 102 Å². The molecule has 0 aliphatic carbocycles. The van der Waals surface area contributed by atoms with Crippen molar-refractivity contribution in [1.29, 1.82) is 5.26 Å². The maximum absolute atomic E-state index is 13.1. The van der Waals surface area contributed by atoms with Gasteiger partial charge in [-0.05, 0) is 24.6 Å². The van der Waals surface area contributed by atoms with Gasteiger partial charge in [-0.1, -0.05) is 6.92 Å². The average molecular weight is 279 g/mol. The zero-order valence-corrected chi connectivity index (χ0v) is 10.8. The van der Waals surface area contributed by atoms with Crippen LogP contribution in [0.1, 0.15) is 18.9 Å². The first-order valence-corrected chi connectivity index (χ1v) is 5.95.